The van der Waals surface area contributed by atoms with E-state index in [-0.39, 0.29) is 11.5 Å². The van der Waals surface area contributed by atoms with E-state index < -0.39 is 0 Å². The summed E-state index contributed by atoms with van der Waals surface area (Å²) in [6.45, 7) is 9.26. The van der Waals surface area contributed by atoms with Crippen molar-refractivity contribution < 1.29 is 14.9 Å². The quantitative estimate of drug-likeness (QED) is 0.208. The number of hydrogen-bond acceptors (Lipinski definition) is 4. The number of aromatic hydroxyl groups is 2. The lowest BCUT2D eigenvalue weighted by atomic mass is 9.99. The van der Waals surface area contributed by atoms with Gasteiger partial charge in [0.05, 0.1) is 5.69 Å². The molecule has 1 aliphatic rings. The van der Waals surface area contributed by atoms with Crippen molar-refractivity contribution in [3.05, 3.63) is 102 Å². The van der Waals surface area contributed by atoms with E-state index in [4.69, 9.17) is 4.74 Å². The van der Waals surface area contributed by atoms with Crippen LogP contribution in [0, 0.1) is 12.8 Å². The van der Waals surface area contributed by atoms with Gasteiger partial charge in [-0.2, -0.15) is 0 Å². The smallest absolute Gasteiger partial charge is 0.119 e. The topological polar surface area (TPSA) is 57.9 Å². The van der Waals surface area contributed by atoms with Crippen LogP contribution in [0.15, 0.2) is 91.0 Å². The van der Waals surface area contributed by atoms with E-state index in [0.717, 1.165) is 46.1 Å². The van der Waals surface area contributed by atoms with Gasteiger partial charge in [0, 0.05) is 24.0 Å². The summed E-state index contributed by atoms with van der Waals surface area (Å²) >= 11 is 0. The number of phenols is 2. The minimum Gasteiger partial charge on any atom is -0.508 e. The molecule has 2 heterocycles. The fraction of sp³-hybridized carbons (Fsp3) is 0.278. The van der Waals surface area contributed by atoms with E-state index in [1.165, 1.54) is 42.4 Å². The standard InChI is InChI=1S/C36H38N2O3/c1-25-17-19-37(20-18-25)21-22-41-33-14-3-27(4-15-33)24-38-35-16-9-30(28-5-10-31(39)11-6-28)23-34(35)26(2)36(38)29-7-12-32(40)13-8-29/h3-16,23,25,39-40H,17-22,24H2,1-2H3. The van der Waals surface area contributed by atoms with E-state index in [1.807, 2.05) is 24.3 Å². The summed E-state index contributed by atoms with van der Waals surface area (Å²) in [4.78, 5) is 2.51. The average molecular weight is 547 g/mol. The van der Waals surface area contributed by atoms with Crippen molar-refractivity contribution in [2.45, 2.75) is 33.2 Å². The highest BCUT2D eigenvalue weighted by Gasteiger charge is 2.18. The Kier molecular flexibility index (Phi) is 7.71. The van der Waals surface area contributed by atoms with Crippen molar-refractivity contribution in [2.24, 2.45) is 5.92 Å². The molecule has 0 amide bonds. The van der Waals surface area contributed by atoms with E-state index in [0.29, 0.717) is 13.2 Å². The number of phenolic OH excluding ortho intramolecular Hbond substituents is 2. The summed E-state index contributed by atoms with van der Waals surface area (Å²) in [5.74, 6) is 2.27. The first kappa shape index (κ1) is 27.0. The second-order valence-electron chi connectivity index (χ2n) is 11.4. The Morgan fingerprint density at radius 3 is 2.02 bits per heavy atom. The van der Waals surface area contributed by atoms with Crippen LogP contribution >= 0.6 is 0 Å². The van der Waals surface area contributed by atoms with Crippen molar-refractivity contribution in [3.8, 4) is 39.6 Å². The summed E-state index contributed by atoms with van der Waals surface area (Å²) in [5.41, 5.74) is 7.92. The highest BCUT2D eigenvalue weighted by Crippen LogP contribution is 2.37. The monoisotopic (exact) mass is 546 g/mol. The first-order valence-electron chi connectivity index (χ1n) is 14.6. The molecule has 0 saturated carbocycles. The van der Waals surface area contributed by atoms with Crippen LogP contribution in [0.2, 0.25) is 0 Å². The molecule has 5 nitrogen and oxygen atoms in total. The third kappa shape index (κ3) is 5.96. The lowest BCUT2D eigenvalue weighted by Gasteiger charge is -2.29. The molecular weight excluding hydrogens is 508 g/mol. The summed E-state index contributed by atoms with van der Waals surface area (Å²) in [6, 6.07) is 29.8. The number of aromatic nitrogens is 1. The van der Waals surface area contributed by atoms with Gasteiger partial charge < -0.3 is 19.5 Å². The molecule has 6 rings (SSSR count). The fourth-order valence-corrected chi connectivity index (χ4v) is 5.96. The van der Waals surface area contributed by atoms with Gasteiger partial charge in [-0.15, -0.1) is 0 Å². The van der Waals surface area contributed by atoms with E-state index in [9.17, 15) is 10.2 Å². The van der Waals surface area contributed by atoms with Crippen LogP contribution < -0.4 is 4.74 Å². The Labute approximate surface area is 242 Å². The molecule has 2 N–H and O–H groups in total. The Bertz CT molecular complexity index is 1610. The second-order valence-corrected chi connectivity index (χ2v) is 11.4. The third-order valence-electron chi connectivity index (χ3n) is 8.47. The normalized spacial score (nSPS) is 14.5. The van der Waals surface area contributed by atoms with Crippen molar-refractivity contribution in [2.75, 3.05) is 26.2 Å². The number of rotatable bonds is 8. The van der Waals surface area contributed by atoms with Crippen molar-refractivity contribution >= 4 is 10.9 Å². The number of likely N-dealkylation sites (tertiary alicyclic amines) is 1. The minimum atomic E-state index is 0.258. The predicted octanol–water partition coefficient (Wildman–Crippen LogP) is 7.85. The van der Waals surface area contributed by atoms with Crippen LogP contribution in [0.4, 0.5) is 0 Å². The lowest BCUT2D eigenvalue weighted by molar-refractivity contribution is 0.160. The van der Waals surface area contributed by atoms with Crippen LogP contribution in [0.25, 0.3) is 33.3 Å². The molecule has 0 atom stereocenters. The Morgan fingerprint density at radius 2 is 1.37 bits per heavy atom. The number of aryl methyl sites for hydroxylation is 1. The summed E-state index contributed by atoms with van der Waals surface area (Å²) in [5, 5.41) is 20.9. The molecule has 0 spiro atoms. The van der Waals surface area contributed by atoms with E-state index in [1.54, 1.807) is 24.3 Å². The van der Waals surface area contributed by atoms with Gasteiger partial charge in [0.15, 0.2) is 0 Å². The van der Waals surface area contributed by atoms with Crippen molar-refractivity contribution in [1.29, 1.82) is 0 Å². The van der Waals surface area contributed by atoms with Gasteiger partial charge in [-0.3, -0.25) is 4.90 Å². The molecule has 1 saturated heterocycles. The van der Waals surface area contributed by atoms with Crippen LogP contribution in [-0.4, -0.2) is 45.9 Å². The highest BCUT2D eigenvalue weighted by atomic mass is 16.5. The van der Waals surface area contributed by atoms with Crippen LogP contribution in [0.1, 0.15) is 30.9 Å². The number of fused-ring (bicyclic) bond motifs is 1. The largest absolute Gasteiger partial charge is 0.508 e. The van der Waals surface area contributed by atoms with Crippen LogP contribution in [0.3, 0.4) is 0 Å². The molecule has 1 aliphatic heterocycles. The van der Waals surface area contributed by atoms with Gasteiger partial charge in [-0.1, -0.05) is 37.3 Å². The molecule has 210 valence electrons. The molecule has 1 fully saturated rings. The zero-order chi connectivity index (χ0) is 28.3. The molecule has 5 heteroatoms. The van der Waals surface area contributed by atoms with Gasteiger partial charge in [-0.25, -0.2) is 0 Å². The number of hydrogen-bond donors (Lipinski definition) is 2. The SMILES string of the molecule is Cc1c(-c2ccc(O)cc2)n(Cc2ccc(OCCN3CCC(C)CC3)cc2)c2ccc(-c3ccc(O)cc3)cc12. The molecule has 1 aromatic heterocycles. The molecule has 0 unspecified atom stereocenters. The molecular formula is C36H38N2O3. The number of ether oxygens (including phenoxy) is 1. The van der Waals surface area contributed by atoms with Gasteiger partial charge in [0.2, 0.25) is 0 Å². The summed E-state index contributed by atoms with van der Waals surface area (Å²) < 4.78 is 8.46. The number of benzene rings is 4. The predicted molar refractivity (Wildman–Crippen MR) is 167 cm³/mol. The zero-order valence-corrected chi connectivity index (χ0v) is 23.9. The first-order valence-corrected chi connectivity index (χ1v) is 14.6. The Hall–Kier alpha value is -4.22. The van der Waals surface area contributed by atoms with Gasteiger partial charge in [-0.05, 0) is 127 Å². The maximum absolute atomic E-state index is 9.93. The van der Waals surface area contributed by atoms with E-state index >= 15 is 0 Å². The fourth-order valence-electron chi connectivity index (χ4n) is 5.96. The molecule has 4 aromatic carbocycles. The van der Waals surface area contributed by atoms with Gasteiger partial charge >= 0.3 is 0 Å². The van der Waals surface area contributed by atoms with Gasteiger partial charge in [0.1, 0.15) is 23.9 Å². The minimum absolute atomic E-state index is 0.258. The first-order chi connectivity index (χ1) is 19.9. The number of nitrogens with zero attached hydrogens (tertiary/aromatic N) is 2. The highest BCUT2D eigenvalue weighted by molar-refractivity contribution is 5.94. The average Bonchev–Trinajstić information content (AvgIpc) is 3.26. The molecule has 5 aromatic rings. The molecule has 0 radical (unpaired) electrons. The summed E-state index contributed by atoms with van der Waals surface area (Å²) in [6.07, 6.45) is 2.57. The van der Waals surface area contributed by atoms with Crippen LogP contribution in [-0.2, 0) is 6.54 Å². The second kappa shape index (κ2) is 11.7. The number of piperidine rings is 1. The Balaban J connectivity index is 1.27. The Morgan fingerprint density at radius 1 is 0.756 bits per heavy atom. The summed E-state index contributed by atoms with van der Waals surface area (Å²) in [7, 11) is 0. The molecule has 41 heavy (non-hydrogen) atoms. The van der Waals surface area contributed by atoms with Gasteiger partial charge in [0.25, 0.3) is 0 Å². The maximum Gasteiger partial charge on any atom is 0.119 e. The van der Waals surface area contributed by atoms with Crippen LogP contribution in [0.5, 0.6) is 17.2 Å². The maximum atomic E-state index is 9.93. The van der Waals surface area contributed by atoms with Crippen molar-refractivity contribution in [1.82, 2.24) is 9.47 Å². The van der Waals surface area contributed by atoms with E-state index in [2.05, 4.69) is 65.8 Å². The molecule has 0 aliphatic carbocycles. The molecule has 0 bridgehead atoms. The lowest BCUT2D eigenvalue weighted by Crippen LogP contribution is -2.35. The third-order valence-corrected chi connectivity index (χ3v) is 8.47. The zero-order valence-electron chi connectivity index (χ0n) is 23.9. The van der Waals surface area contributed by atoms with Crippen molar-refractivity contribution in [3.63, 3.8) is 0 Å².